The van der Waals surface area contributed by atoms with Gasteiger partial charge in [-0.2, -0.15) is 0 Å². The van der Waals surface area contributed by atoms with Crippen LogP contribution in [0.4, 0.5) is 4.39 Å². The molecular weight excluding hydrogens is 365 g/mol. The molecule has 0 bridgehead atoms. The molecule has 7 nitrogen and oxygen atoms in total. The first-order valence-electron chi connectivity index (χ1n) is 8.18. The number of carbonyl (C=O) groups excluding carboxylic acids is 1. The van der Waals surface area contributed by atoms with Crippen molar-refractivity contribution in [3.63, 3.8) is 0 Å². The Morgan fingerprint density at radius 3 is 2.62 bits per heavy atom. The van der Waals surface area contributed by atoms with Gasteiger partial charge < -0.3 is 9.30 Å². The summed E-state index contributed by atoms with van der Waals surface area (Å²) in [6, 6.07) is -0.340. The van der Waals surface area contributed by atoms with Gasteiger partial charge in [-0.25, -0.2) is 9.18 Å². The number of nitrogens with one attached hydrogen (secondary N) is 1. The zero-order valence-corrected chi connectivity index (χ0v) is 15.6. The fraction of sp³-hybridized carbons (Fsp3) is 0.471. The second kappa shape index (κ2) is 6.12. The van der Waals surface area contributed by atoms with Crippen molar-refractivity contribution in [2.45, 2.75) is 40.3 Å². The van der Waals surface area contributed by atoms with E-state index in [1.165, 1.54) is 15.4 Å². The van der Waals surface area contributed by atoms with Gasteiger partial charge in [-0.3, -0.25) is 19.4 Å². The lowest BCUT2D eigenvalue weighted by Gasteiger charge is -2.38. The predicted octanol–water partition coefficient (Wildman–Crippen LogP) is 2.58. The van der Waals surface area contributed by atoms with Crippen molar-refractivity contribution in [2.24, 2.45) is 5.41 Å². The highest BCUT2D eigenvalue weighted by molar-refractivity contribution is 6.32. The van der Waals surface area contributed by atoms with Crippen molar-refractivity contribution in [3.8, 4) is 11.4 Å². The molecule has 3 rings (SSSR count). The number of fused-ring (bicyclic) bond motifs is 3. The quantitative estimate of drug-likeness (QED) is 0.807. The molecule has 0 aliphatic carbocycles. The average molecular weight is 384 g/mol. The van der Waals surface area contributed by atoms with E-state index in [2.05, 4.69) is 5.10 Å². The largest absolute Gasteiger partial charge is 0.462 e. The Hall–Kier alpha value is -2.35. The number of esters is 1. The van der Waals surface area contributed by atoms with Crippen molar-refractivity contribution in [2.75, 3.05) is 6.61 Å². The Labute approximate surface area is 153 Å². The van der Waals surface area contributed by atoms with Gasteiger partial charge in [-0.05, 0) is 12.3 Å². The minimum atomic E-state index is -1.14. The van der Waals surface area contributed by atoms with Crippen LogP contribution in [0.2, 0.25) is 5.02 Å². The van der Waals surface area contributed by atoms with E-state index in [4.69, 9.17) is 16.3 Å². The first-order valence-corrected chi connectivity index (χ1v) is 8.56. The normalized spacial score (nSPS) is 16.2. The molecule has 0 saturated carbocycles. The minimum absolute atomic E-state index is 0.0630. The van der Waals surface area contributed by atoms with E-state index in [0.717, 1.165) is 0 Å². The summed E-state index contributed by atoms with van der Waals surface area (Å²) in [5.41, 5.74) is -2.41. The van der Waals surface area contributed by atoms with Crippen LogP contribution >= 0.6 is 11.6 Å². The highest BCUT2D eigenvalue weighted by Gasteiger charge is 2.38. The number of hydrogen-bond acceptors (Lipinski definition) is 4. The van der Waals surface area contributed by atoms with Gasteiger partial charge in [0.1, 0.15) is 22.0 Å². The molecule has 140 valence electrons. The van der Waals surface area contributed by atoms with Crippen LogP contribution in [0.5, 0.6) is 0 Å². The number of aromatic amines is 1. The third-order valence-electron chi connectivity index (χ3n) is 4.50. The lowest BCUT2D eigenvalue weighted by atomic mass is 9.85. The first-order chi connectivity index (χ1) is 12.1. The molecule has 0 radical (unpaired) electrons. The van der Waals surface area contributed by atoms with Crippen LogP contribution in [0.25, 0.3) is 11.4 Å². The van der Waals surface area contributed by atoms with Crippen LogP contribution in [-0.2, 0) is 11.3 Å². The Balaban J connectivity index is 2.39. The Kier molecular flexibility index (Phi) is 4.34. The van der Waals surface area contributed by atoms with Crippen LogP contribution in [0.1, 0.15) is 44.1 Å². The standard InChI is InChI=1S/C17H19ClFN3O4/c1-5-26-16(25)8-6-21-9(17(2,3)4)7-22-12(10(18)15(24)20-22)13(21)11(19)14(8)23/h6,9H,5,7H2,1-4H3,(H,20,24)/t9-/m0/s1. The van der Waals surface area contributed by atoms with E-state index in [1.807, 2.05) is 20.8 Å². The van der Waals surface area contributed by atoms with Crippen LogP contribution in [0.15, 0.2) is 15.8 Å². The van der Waals surface area contributed by atoms with E-state index in [-0.39, 0.29) is 40.0 Å². The average Bonchev–Trinajstić information content (AvgIpc) is 2.83. The first kappa shape index (κ1) is 18.4. The minimum Gasteiger partial charge on any atom is -0.462 e. The van der Waals surface area contributed by atoms with Crippen LogP contribution in [0.3, 0.4) is 0 Å². The number of ether oxygens (including phenoxy) is 1. The molecule has 1 N–H and O–H groups in total. The van der Waals surface area contributed by atoms with Gasteiger partial charge >= 0.3 is 5.97 Å². The molecule has 2 aromatic rings. The highest BCUT2D eigenvalue weighted by atomic mass is 35.5. The number of nitrogens with zero attached hydrogens (tertiary/aromatic N) is 2. The molecule has 9 heteroatoms. The molecule has 1 aliphatic heterocycles. The van der Waals surface area contributed by atoms with Crippen molar-refractivity contribution < 1.29 is 13.9 Å². The summed E-state index contributed by atoms with van der Waals surface area (Å²) in [6.45, 7) is 7.79. The zero-order chi connectivity index (χ0) is 19.4. The van der Waals surface area contributed by atoms with E-state index in [1.54, 1.807) is 6.92 Å². The Morgan fingerprint density at radius 2 is 2.04 bits per heavy atom. The number of pyridine rings is 1. The molecule has 2 aromatic heterocycles. The van der Waals surface area contributed by atoms with E-state index < -0.39 is 22.8 Å². The number of aromatic nitrogens is 3. The molecular formula is C17H19ClFN3O4. The lowest BCUT2D eigenvalue weighted by molar-refractivity contribution is 0.0521. The van der Waals surface area contributed by atoms with Gasteiger partial charge in [-0.15, -0.1) is 0 Å². The number of carbonyl (C=O) groups is 1. The summed E-state index contributed by atoms with van der Waals surface area (Å²) >= 11 is 6.05. The van der Waals surface area contributed by atoms with Crippen molar-refractivity contribution in [1.82, 2.24) is 14.3 Å². The van der Waals surface area contributed by atoms with Gasteiger partial charge in [0.05, 0.1) is 19.2 Å². The molecule has 0 saturated heterocycles. The fourth-order valence-corrected chi connectivity index (χ4v) is 3.44. The summed E-state index contributed by atoms with van der Waals surface area (Å²) in [7, 11) is 0. The number of halogens is 2. The monoisotopic (exact) mass is 383 g/mol. The summed E-state index contributed by atoms with van der Waals surface area (Å²) in [5, 5.41) is 2.37. The van der Waals surface area contributed by atoms with Crippen molar-refractivity contribution >= 4 is 17.6 Å². The SMILES string of the molecule is CCOC(=O)c1cn2c(c(F)c1=O)-c1c(Cl)c(=O)[nH]n1C[C@H]2C(C)(C)C. The van der Waals surface area contributed by atoms with Gasteiger partial charge in [0.25, 0.3) is 5.56 Å². The highest BCUT2D eigenvalue weighted by Crippen LogP contribution is 2.41. The van der Waals surface area contributed by atoms with E-state index >= 15 is 4.39 Å². The van der Waals surface area contributed by atoms with Crippen molar-refractivity contribution in [3.05, 3.63) is 43.2 Å². The molecule has 1 aliphatic rings. The third-order valence-corrected chi connectivity index (χ3v) is 4.85. The van der Waals surface area contributed by atoms with Gasteiger partial charge in [0, 0.05) is 6.20 Å². The maximum absolute atomic E-state index is 15.0. The summed E-state index contributed by atoms with van der Waals surface area (Å²) in [5.74, 6) is -2.03. The van der Waals surface area contributed by atoms with Gasteiger partial charge in [-0.1, -0.05) is 32.4 Å². The topological polar surface area (TPSA) is 86.1 Å². The maximum atomic E-state index is 15.0. The lowest BCUT2D eigenvalue weighted by Crippen LogP contribution is -2.37. The van der Waals surface area contributed by atoms with Crippen LogP contribution in [-0.4, -0.2) is 26.9 Å². The third kappa shape index (κ3) is 2.68. The number of hydrogen-bond donors (Lipinski definition) is 1. The molecule has 0 spiro atoms. The predicted molar refractivity (Wildman–Crippen MR) is 94.2 cm³/mol. The Bertz CT molecular complexity index is 1010. The molecule has 0 unspecified atom stereocenters. The molecule has 1 atom stereocenters. The summed E-state index contributed by atoms with van der Waals surface area (Å²) in [6.07, 6.45) is 1.30. The van der Waals surface area contributed by atoms with Gasteiger partial charge in [0.2, 0.25) is 5.43 Å². The second-order valence-corrected chi connectivity index (χ2v) is 7.64. The zero-order valence-electron chi connectivity index (χ0n) is 14.9. The number of rotatable bonds is 2. The molecule has 0 aromatic carbocycles. The van der Waals surface area contributed by atoms with E-state index in [0.29, 0.717) is 6.54 Å². The summed E-state index contributed by atoms with van der Waals surface area (Å²) in [4.78, 5) is 36.4. The Morgan fingerprint density at radius 1 is 1.38 bits per heavy atom. The molecule has 3 heterocycles. The van der Waals surface area contributed by atoms with Crippen LogP contribution in [0, 0.1) is 11.2 Å². The fourth-order valence-electron chi connectivity index (χ4n) is 3.20. The number of H-pyrrole nitrogens is 1. The second-order valence-electron chi connectivity index (χ2n) is 7.26. The molecule has 26 heavy (non-hydrogen) atoms. The molecule has 0 amide bonds. The maximum Gasteiger partial charge on any atom is 0.343 e. The van der Waals surface area contributed by atoms with E-state index in [9.17, 15) is 14.4 Å². The van der Waals surface area contributed by atoms with Gasteiger partial charge in [0.15, 0.2) is 5.82 Å². The smallest absolute Gasteiger partial charge is 0.343 e. The summed E-state index contributed by atoms with van der Waals surface area (Å²) < 4.78 is 22.9. The van der Waals surface area contributed by atoms with Crippen molar-refractivity contribution in [1.29, 1.82) is 0 Å². The van der Waals surface area contributed by atoms with Crippen LogP contribution < -0.4 is 11.0 Å². The molecule has 0 fully saturated rings.